The lowest BCUT2D eigenvalue weighted by Gasteiger charge is -2.28. The molecule has 2 unspecified atom stereocenters. The molecule has 1 aliphatic carbocycles. The number of benzene rings is 1. The number of aryl methyl sites for hydroxylation is 1. The Bertz CT molecular complexity index is 664. The SMILES string of the molecule is Cc1ccc(C(=O)NCC(F)(F)F)cc1NC(=O)NC1CCCCC1O. The Kier molecular flexibility index (Phi) is 6.47. The monoisotopic (exact) mass is 373 g/mol. The fourth-order valence-corrected chi connectivity index (χ4v) is 2.79. The molecule has 9 heteroatoms. The van der Waals surface area contributed by atoms with Crippen LogP contribution in [0.25, 0.3) is 0 Å². The van der Waals surface area contributed by atoms with Crippen LogP contribution in [-0.2, 0) is 0 Å². The summed E-state index contributed by atoms with van der Waals surface area (Å²) in [6.07, 6.45) is -1.98. The van der Waals surface area contributed by atoms with Crippen molar-refractivity contribution in [3.05, 3.63) is 29.3 Å². The second kappa shape index (κ2) is 8.39. The van der Waals surface area contributed by atoms with Crippen molar-refractivity contribution in [3.8, 4) is 0 Å². The zero-order valence-electron chi connectivity index (χ0n) is 14.3. The van der Waals surface area contributed by atoms with Gasteiger partial charge in [-0.3, -0.25) is 4.79 Å². The average Bonchev–Trinajstić information content (AvgIpc) is 2.56. The fraction of sp³-hybridized carbons (Fsp3) is 0.529. The van der Waals surface area contributed by atoms with Gasteiger partial charge in [0.05, 0.1) is 12.1 Å². The molecule has 3 amide bonds. The second-order valence-corrected chi connectivity index (χ2v) is 6.38. The molecule has 1 aromatic carbocycles. The van der Waals surface area contributed by atoms with Crippen LogP contribution in [0.5, 0.6) is 0 Å². The van der Waals surface area contributed by atoms with Crippen LogP contribution in [0.1, 0.15) is 41.6 Å². The van der Waals surface area contributed by atoms with E-state index in [1.807, 2.05) is 0 Å². The van der Waals surface area contributed by atoms with Crippen LogP contribution in [-0.4, -0.2) is 41.9 Å². The van der Waals surface area contributed by atoms with Gasteiger partial charge >= 0.3 is 12.2 Å². The number of hydrogen-bond donors (Lipinski definition) is 4. The van der Waals surface area contributed by atoms with Crippen LogP contribution in [0.3, 0.4) is 0 Å². The van der Waals surface area contributed by atoms with Gasteiger partial charge in [0, 0.05) is 11.3 Å². The number of carbonyl (C=O) groups is 2. The van der Waals surface area contributed by atoms with E-state index in [4.69, 9.17) is 0 Å². The van der Waals surface area contributed by atoms with E-state index in [0.717, 1.165) is 12.8 Å². The zero-order valence-corrected chi connectivity index (χ0v) is 14.3. The van der Waals surface area contributed by atoms with Gasteiger partial charge in [0.15, 0.2) is 0 Å². The molecule has 6 nitrogen and oxygen atoms in total. The normalized spacial score (nSPS) is 20.3. The van der Waals surface area contributed by atoms with Crippen molar-refractivity contribution in [2.24, 2.45) is 0 Å². The number of hydrogen-bond acceptors (Lipinski definition) is 3. The maximum absolute atomic E-state index is 12.2. The first-order valence-corrected chi connectivity index (χ1v) is 8.37. The van der Waals surface area contributed by atoms with Crippen molar-refractivity contribution in [2.75, 3.05) is 11.9 Å². The van der Waals surface area contributed by atoms with Crippen LogP contribution in [0.4, 0.5) is 23.7 Å². The van der Waals surface area contributed by atoms with Crippen LogP contribution in [0, 0.1) is 6.92 Å². The summed E-state index contributed by atoms with van der Waals surface area (Å²) >= 11 is 0. The molecule has 0 aromatic heterocycles. The summed E-state index contributed by atoms with van der Waals surface area (Å²) in [4.78, 5) is 24.0. The minimum absolute atomic E-state index is 0.00727. The molecule has 1 fully saturated rings. The number of amides is 3. The van der Waals surface area contributed by atoms with Gasteiger partial charge in [0.25, 0.3) is 5.91 Å². The minimum atomic E-state index is -4.50. The largest absolute Gasteiger partial charge is 0.405 e. The maximum atomic E-state index is 12.2. The fourth-order valence-electron chi connectivity index (χ4n) is 2.79. The molecular formula is C17H22F3N3O3. The van der Waals surface area contributed by atoms with E-state index < -0.39 is 30.8 Å². The van der Waals surface area contributed by atoms with Gasteiger partial charge in [-0.25, -0.2) is 4.79 Å². The first kappa shape index (κ1) is 20.0. The van der Waals surface area contributed by atoms with Crippen molar-refractivity contribution in [3.63, 3.8) is 0 Å². The van der Waals surface area contributed by atoms with E-state index >= 15 is 0 Å². The maximum Gasteiger partial charge on any atom is 0.405 e. The average molecular weight is 373 g/mol. The van der Waals surface area contributed by atoms with Crippen molar-refractivity contribution < 1.29 is 27.9 Å². The molecule has 0 spiro atoms. The predicted molar refractivity (Wildman–Crippen MR) is 90.0 cm³/mol. The Morgan fingerprint density at radius 1 is 1.23 bits per heavy atom. The highest BCUT2D eigenvalue weighted by atomic mass is 19.4. The Hall–Kier alpha value is -2.29. The lowest BCUT2D eigenvalue weighted by Crippen LogP contribution is -2.46. The summed E-state index contributed by atoms with van der Waals surface area (Å²) in [5.74, 6) is -0.881. The first-order chi connectivity index (χ1) is 12.2. The summed E-state index contributed by atoms with van der Waals surface area (Å²) in [7, 11) is 0. The molecule has 1 aliphatic rings. The van der Waals surface area contributed by atoms with Gasteiger partial charge in [-0.15, -0.1) is 0 Å². The number of anilines is 1. The van der Waals surface area contributed by atoms with Crippen molar-refractivity contribution in [1.29, 1.82) is 0 Å². The Labute approximate surface area is 149 Å². The van der Waals surface area contributed by atoms with E-state index in [0.29, 0.717) is 24.1 Å². The molecule has 0 aliphatic heterocycles. The number of halogens is 3. The number of carbonyl (C=O) groups excluding carboxylic acids is 2. The van der Waals surface area contributed by atoms with Crippen molar-refractivity contribution >= 4 is 17.6 Å². The van der Waals surface area contributed by atoms with Crippen LogP contribution >= 0.6 is 0 Å². The molecule has 144 valence electrons. The number of rotatable bonds is 4. The number of alkyl halides is 3. The number of urea groups is 1. The molecule has 0 bridgehead atoms. The number of aliphatic hydroxyl groups excluding tert-OH is 1. The van der Waals surface area contributed by atoms with E-state index in [9.17, 15) is 27.9 Å². The van der Waals surface area contributed by atoms with Gasteiger partial charge in [-0.1, -0.05) is 18.9 Å². The van der Waals surface area contributed by atoms with Gasteiger partial charge in [0.2, 0.25) is 0 Å². The topological polar surface area (TPSA) is 90.5 Å². The Morgan fingerprint density at radius 2 is 1.92 bits per heavy atom. The van der Waals surface area contributed by atoms with Crippen molar-refractivity contribution in [2.45, 2.75) is 50.9 Å². The van der Waals surface area contributed by atoms with Gasteiger partial charge < -0.3 is 21.1 Å². The summed E-state index contributed by atoms with van der Waals surface area (Å²) in [5, 5.41) is 16.9. The molecular weight excluding hydrogens is 351 g/mol. The zero-order chi connectivity index (χ0) is 19.3. The quantitative estimate of drug-likeness (QED) is 0.654. The minimum Gasteiger partial charge on any atom is -0.391 e. The third-order valence-corrected chi connectivity index (χ3v) is 4.24. The summed E-state index contributed by atoms with van der Waals surface area (Å²) in [6, 6.07) is 3.36. The standard InChI is InChI=1S/C17H22F3N3O3/c1-10-6-7-11(15(25)21-9-17(18,19)20)8-13(10)23-16(26)22-12-4-2-3-5-14(12)24/h6-8,12,14,24H,2-5,9H2,1H3,(H,21,25)(H2,22,23,26). The molecule has 0 radical (unpaired) electrons. The van der Waals surface area contributed by atoms with E-state index in [1.165, 1.54) is 18.2 Å². The van der Waals surface area contributed by atoms with E-state index in [1.54, 1.807) is 12.2 Å². The molecule has 2 atom stereocenters. The third kappa shape index (κ3) is 5.91. The molecule has 26 heavy (non-hydrogen) atoms. The lowest BCUT2D eigenvalue weighted by atomic mass is 9.93. The molecule has 2 rings (SSSR count). The highest BCUT2D eigenvalue weighted by molar-refractivity contribution is 5.97. The molecule has 0 heterocycles. The predicted octanol–water partition coefficient (Wildman–Crippen LogP) is 2.71. The second-order valence-electron chi connectivity index (χ2n) is 6.38. The smallest absolute Gasteiger partial charge is 0.391 e. The Morgan fingerprint density at radius 3 is 2.58 bits per heavy atom. The van der Waals surface area contributed by atoms with Crippen LogP contribution in [0.2, 0.25) is 0 Å². The van der Waals surface area contributed by atoms with Crippen LogP contribution in [0.15, 0.2) is 18.2 Å². The van der Waals surface area contributed by atoms with Crippen LogP contribution < -0.4 is 16.0 Å². The highest BCUT2D eigenvalue weighted by Crippen LogP contribution is 2.20. The Balaban J connectivity index is 2.00. The third-order valence-electron chi connectivity index (χ3n) is 4.24. The van der Waals surface area contributed by atoms with E-state index in [-0.39, 0.29) is 11.6 Å². The summed E-state index contributed by atoms with van der Waals surface area (Å²) in [6.45, 7) is 0.269. The molecule has 1 aromatic rings. The first-order valence-electron chi connectivity index (χ1n) is 8.37. The number of aliphatic hydroxyl groups is 1. The van der Waals surface area contributed by atoms with E-state index in [2.05, 4.69) is 10.6 Å². The summed E-state index contributed by atoms with van der Waals surface area (Å²) < 4.78 is 36.6. The molecule has 1 saturated carbocycles. The lowest BCUT2D eigenvalue weighted by molar-refractivity contribution is -0.123. The molecule has 0 saturated heterocycles. The molecule has 4 N–H and O–H groups in total. The summed E-state index contributed by atoms with van der Waals surface area (Å²) in [5.41, 5.74) is 0.969. The number of nitrogens with one attached hydrogen (secondary N) is 3. The van der Waals surface area contributed by atoms with Gasteiger partial charge in [-0.2, -0.15) is 13.2 Å². The van der Waals surface area contributed by atoms with Gasteiger partial charge in [-0.05, 0) is 37.5 Å². The highest BCUT2D eigenvalue weighted by Gasteiger charge is 2.28. The van der Waals surface area contributed by atoms with Gasteiger partial charge in [0.1, 0.15) is 6.54 Å². The van der Waals surface area contributed by atoms with Crippen molar-refractivity contribution in [1.82, 2.24) is 10.6 Å².